The molecular weight excluding hydrogens is 188 g/mol. The molecule has 1 aromatic carbocycles. The summed E-state index contributed by atoms with van der Waals surface area (Å²) in [6, 6.07) is 9.76. The van der Waals surface area contributed by atoms with Crippen molar-refractivity contribution in [2.24, 2.45) is 0 Å². The lowest BCUT2D eigenvalue weighted by atomic mass is 10.1. The minimum absolute atomic E-state index is 0.108. The van der Waals surface area contributed by atoms with Crippen molar-refractivity contribution in [2.75, 3.05) is 6.61 Å². The van der Waals surface area contributed by atoms with E-state index in [0.717, 1.165) is 12.0 Å². The van der Waals surface area contributed by atoms with Crippen LogP contribution in [0.1, 0.15) is 24.5 Å². The second-order valence-electron chi connectivity index (χ2n) is 3.44. The average Bonchev–Trinajstić information content (AvgIpc) is 2.31. The summed E-state index contributed by atoms with van der Waals surface area (Å²) in [5.41, 5.74) is 1.67. The van der Waals surface area contributed by atoms with Crippen molar-refractivity contribution in [2.45, 2.75) is 25.9 Å². The Bertz CT molecular complexity index is 340. The van der Waals surface area contributed by atoms with Gasteiger partial charge in [0.2, 0.25) is 0 Å². The predicted molar refractivity (Wildman–Crippen MR) is 59.2 cm³/mol. The van der Waals surface area contributed by atoms with Gasteiger partial charge in [-0.05, 0) is 18.1 Å². The number of rotatable bonds is 5. The normalized spacial score (nSPS) is 12.1. The molecule has 0 fully saturated rings. The Morgan fingerprint density at radius 3 is 2.80 bits per heavy atom. The van der Waals surface area contributed by atoms with Gasteiger partial charge in [-0.25, -0.2) is 0 Å². The molecule has 80 valence electrons. The van der Waals surface area contributed by atoms with Crippen molar-refractivity contribution < 1.29 is 5.11 Å². The van der Waals surface area contributed by atoms with Crippen LogP contribution in [0.25, 0.3) is 0 Å². The largest absolute Gasteiger partial charge is 0.395 e. The van der Waals surface area contributed by atoms with Crippen LogP contribution in [0.15, 0.2) is 24.3 Å². The molecule has 3 nitrogen and oxygen atoms in total. The molecule has 2 N–H and O–H groups in total. The summed E-state index contributed by atoms with van der Waals surface area (Å²) in [4.78, 5) is 0. The topological polar surface area (TPSA) is 56.0 Å². The first kappa shape index (κ1) is 11.7. The molecule has 0 amide bonds. The van der Waals surface area contributed by atoms with E-state index in [1.807, 2.05) is 25.1 Å². The van der Waals surface area contributed by atoms with Crippen LogP contribution in [0, 0.1) is 11.3 Å². The highest BCUT2D eigenvalue weighted by atomic mass is 16.3. The first-order valence-electron chi connectivity index (χ1n) is 5.14. The minimum Gasteiger partial charge on any atom is -0.395 e. The van der Waals surface area contributed by atoms with E-state index in [0.29, 0.717) is 12.1 Å². The van der Waals surface area contributed by atoms with E-state index in [1.165, 1.54) is 0 Å². The Morgan fingerprint density at radius 2 is 2.20 bits per heavy atom. The molecule has 0 unspecified atom stereocenters. The minimum atomic E-state index is 0.108. The molecule has 0 aromatic heterocycles. The third kappa shape index (κ3) is 3.35. The zero-order valence-corrected chi connectivity index (χ0v) is 8.90. The number of aliphatic hydroxyl groups is 1. The highest BCUT2D eigenvalue weighted by molar-refractivity contribution is 5.37. The van der Waals surface area contributed by atoms with Crippen LogP contribution in [-0.2, 0) is 6.54 Å². The van der Waals surface area contributed by atoms with Crippen molar-refractivity contribution >= 4 is 0 Å². The van der Waals surface area contributed by atoms with E-state index in [9.17, 15) is 0 Å². The smallest absolute Gasteiger partial charge is 0.0995 e. The molecule has 0 saturated carbocycles. The maximum absolute atomic E-state index is 9.00. The summed E-state index contributed by atoms with van der Waals surface area (Å²) in [7, 11) is 0. The zero-order chi connectivity index (χ0) is 11.1. The molecule has 0 bridgehead atoms. The quantitative estimate of drug-likeness (QED) is 0.762. The molecule has 0 aliphatic carbocycles. The highest BCUT2D eigenvalue weighted by Crippen LogP contribution is 2.07. The van der Waals surface area contributed by atoms with Crippen LogP contribution in [0.2, 0.25) is 0 Å². The Hall–Kier alpha value is -1.37. The van der Waals surface area contributed by atoms with E-state index in [-0.39, 0.29) is 12.6 Å². The van der Waals surface area contributed by atoms with Crippen LogP contribution < -0.4 is 5.32 Å². The fraction of sp³-hybridized carbons (Fsp3) is 0.417. The number of hydrogen-bond donors (Lipinski definition) is 2. The Morgan fingerprint density at radius 1 is 1.47 bits per heavy atom. The van der Waals surface area contributed by atoms with Crippen LogP contribution in [0.3, 0.4) is 0 Å². The number of aliphatic hydroxyl groups excluding tert-OH is 1. The maximum atomic E-state index is 9.00. The van der Waals surface area contributed by atoms with Gasteiger partial charge in [0.25, 0.3) is 0 Å². The summed E-state index contributed by atoms with van der Waals surface area (Å²) >= 11 is 0. The molecule has 1 rings (SSSR count). The van der Waals surface area contributed by atoms with Gasteiger partial charge in [0.1, 0.15) is 0 Å². The monoisotopic (exact) mass is 204 g/mol. The molecule has 0 aliphatic heterocycles. The number of hydrogen-bond acceptors (Lipinski definition) is 3. The van der Waals surface area contributed by atoms with Gasteiger partial charge in [-0.15, -0.1) is 0 Å². The van der Waals surface area contributed by atoms with Gasteiger partial charge in [0.05, 0.1) is 18.2 Å². The predicted octanol–water partition coefficient (Wildman–Crippen LogP) is 1.42. The number of nitrogens with one attached hydrogen (secondary N) is 1. The number of nitriles is 1. The summed E-state index contributed by atoms with van der Waals surface area (Å²) in [5.74, 6) is 0. The lowest BCUT2D eigenvalue weighted by Gasteiger charge is -2.14. The van der Waals surface area contributed by atoms with E-state index < -0.39 is 0 Å². The van der Waals surface area contributed by atoms with Gasteiger partial charge in [-0.3, -0.25) is 0 Å². The fourth-order valence-corrected chi connectivity index (χ4v) is 1.38. The third-order valence-corrected chi connectivity index (χ3v) is 2.43. The number of nitrogens with zero attached hydrogens (tertiary/aromatic N) is 1. The molecule has 1 atom stereocenters. The van der Waals surface area contributed by atoms with E-state index in [1.54, 1.807) is 6.07 Å². The summed E-state index contributed by atoms with van der Waals surface area (Å²) in [5, 5.41) is 21.1. The molecule has 1 aromatic rings. The van der Waals surface area contributed by atoms with Gasteiger partial charge >= 0.3 is 0 Å². The molecule has 0 saturated heterocycles. The third-order valence-electron chi connectivity index (χ3n) is 2.43. The van der Waals surface area contributed by atoms with Crippen molar-refractivity contribution in [3.8, 4) is 6.07 Å². The van der Waals surface area contributed by atoms with Gasteiger partial charge in [-0.1, -0.05) is 25.1 Å². The van der Waals surface area contributed by atoms with Crippen LogP contribution in [0.4, 0.5) is 0 Å². The molecular formula is C12H16N2O. The van der Waals surface area contributed by atoms with Crippen molar-refractivity contribution in [1.29, 1.82) is 5.26 Å². The Balaban J connectivity index is 2.61. The standard InChI is InChI=1S/C12H16N2O/c1-2-12(9-15)14-8-11-6-4-3-5-10(11)7-13/h3-6,12,14-15H,2,8-9H2,1H3/t12-/m0/s1. The Labute approximate surface area is 90.4 Å². The van der Waals surface area contributed by atoms with Gasteiger partial charge in [0, 0.05) is 12.6 Å². The first-order valence-corrected chi connectivity index (χ1v) is 5.14. The van der Waals surface area contributed by atoms with Crippen LogP contribution in [-0.4, -0.2) is 17.8 Å². The summed E-state index contributed by atoms with van der Waals surface area (Å²) < 4.78 is 0. The highest BCUT2D eigenvalue weighted by Gasteiger charge is 2.05. The second kappa shape index (κ2) is 6.18. The Kier molecular flexibility index (Phi) is 4.82. The van der Waals surface area contributed by atoms with Gasteiger partial charge in [-0.2, -0.15) is 5.26 Å². The molecule has 0 radical (unpaired) electrons. The number of benzene rings is 1. The van der Waals surface area contributed by atoms with Crippen molar-refractivity contribution in [3.63, 3.8) is 0 Å². The SMILES string of the molecule is CC[C@@H](CO)NCc1ccccc1C#N. The average molecular weight is 204 g/mol. The summed E-state index contributed by atoms with van der Waals surface area (Å²) in [6.45, 7) is 2.78. The van der Waals surface area contributed by atoms with Crippen molar-refractivity contribution in [3.05, 3.63) is 35.4 Å². The molecule has 3 heteroatoms. The fourth-order valence-electron chi connectivity index (χ4n) is 1.38. The second-order valence-corrected chi connectivity index (χ2v) is 3.44. The van der Waals surface area contributed by atoms with Crippen LogP contribution >= 0.6 is 0 Å². The lowest BCUT2D eigenvalue weighted by Crippen LogP contribution is -2.31. The lowest BCUT2D eigenvalue weighted by molar-refractivity contribution is 0.238. The van der Waals surface area contributed by atoms with Gasteiger partial charge in [0.15, 0.2) is 0 Å². The van der Waals surface area contributed by atoms with E-state index >= 15 is 0 Å². The van der Waals surface area contributed by atoms with Crippen molar-refractivity contribution in [1.82, 2.24) is 5.32 Å². The maximum Gasteiger partial charge on any atom is 0.0995 e. The summed E-state index contributed by atoms with van der Waals surface area (Å²) in [6.07, 6.45) is 0.880. The van der Waals surface area contributed by atoms with Gasteiger partial charge < -0.3 is 10.4 Å². The zero-order valence-electron chi connectivity index (χ0n) is 8.90. The molecule has 0 spiro atoms. The molecule has 0 heterocycles. The first-order chi connectivity index (χ1) is 7.31. The molecule has 15 heavy (non-hydrogen) atoms. The molecule has 0 aliphatic rings. The van der Waals surface area contributed by atoms with E-state index in [2.05, 4.69) is 11.4 Å². The van der Waals surface area contributed by atoms with Crippen LogP contribution in [0.5, 0.6) is 0 Å². The van der Waals surface area contributed by atoms with E-state index in [4.69, 9.17) is 10.4 Å².